The second kappa shape index (κ2) is 5.69. The van der Waals surface area contributed by atoms with Crippen LogP contribution in [0.5, 0.6) is 0 Å². The first-order chi connectivity index (χ1) is 9.51. The number of halogens is 2. The highest BCUT2D eigenvalue weighted by atomic mass is 19.1. The van der Waals surface area contributed by atoms with Gasteiger partial charge in [-0.25, -0.2) is 8.78 Å². The number of anilines is 2. The van der Waals surface area contributed by atoms with Gasteiger partial charge in [-0.15, -0.1) is 0 Å². The summed E-state index contributed by atoms with van der Waals surface area (Å²) in [5.74, 6) is -1.80. The van der Waals surface area contributed by atoms with Crippen molar-refractivity contribution in [1.82, 2.24) is 0 Å². The molecule has 0 atom stereocenters. The maximum atomic E-state index is 13.5. The quantitative estimate of drug-likeness (QED) is 0.899. The van der Waals surface area contributed by atoms with Crippen molar-refractivity contribution in [1.29, 1.82) is 0 Å². The summed E-state index contributed by atoms with van der Waals surface area (Å²) < 4.78 is 26.6. The van der Waals surface area contributed by atoms with E-state index in [9.17, 15) is 13.6 Å². The van der Waals surface area contributed by atoms with E-state index in [4.69, 9.17) is 0 Å². The molecule has 0 bridgehead atoms. The van der Waals surface area contributed by atoms with Crippen molar-refractivity contribution in [2.75, 3.05) is 17.7 Å². The van der Waals surface area contributed by atoms with Crippen LogP contribution in [0.2, 0.25) is 0 Å². The Bertz CT molecular complexity index is 656. The van der Waals surface area contributed by atoms with Crippen molar-refractivity contribution >= 4 is 17.3 Å². The van der Waals surface area contributed by atoms with Crippen molar-refractivity contribution in [3.8, 4) is 0 Å². The van der Waals surface area contributed by atoms with Crippen molar-refractivity contribution in [2.24, 2.45) is 0 Å². The first-order valence-corrected chi connectivity index (χ1v) is 6.06. The predicted molar refractivity (Wildman–Crippen MR) is 75.0 cm³/mol. The van der Waals surface area contributed by atoms with Crippen molar-refractivity contribution < 1.29 is 13.6 Å². The van der Waals surface area contributed by atoms with Crippen LogP contribution in [0.4, 0.5) is 20.2 Å². The summed E-state index contributed by atoms with van der Waals surface area (Å²) in [6.07, 6.45) is 0. The number of amides is 1. The fraction of sp³-hybridized carbons (Fsp3) is 0.133. The number of aryl methyl sites for hydroxylation is 1. The van der Waals surface area contributed by atoms with Gasteiger partial charge in [-0.05, 0) is 36.8 Å². The maximum absolute atomic E-state index is 13.5. The zero-order chi connectivity index (χ0) is 14.7. The molecule has 5 heteroatoms. The number of rotatable bonds is 3. The van der Waals surface area contributed by atoms with Crippen molar-refractivity contribution in [3.05, 3.63) is 59.2 Å². The Balaban J connectivity index is 2.30. The number of hydrogen-bond acceptors (Lipinski definition) is 2. The lowest BCUT2D eigenvalue weighted by Crippen LogP contribution is -2.15. The van der Waals surface area contributed by atoms with E-state index >= 15 is 0 Å². The fourth-order valence-corrected chi connectivity index (χ4v) is 1.85. The highest BCUT2D eigenvalue weighted by Crippen LogP contribution is 2.21. The Kier molecular flexibility index (Phi) is 3.98. The summed E-state index contributed by atoms with van der Waals surface area (Å²) in [7, 11) is 1.69. The van der Waals surface area contributed by atoms with Crippen LogP contribution in [-0.4, -0.2) is 13.0 Å². The predicted octanol–water partition coefficient (Wildman–Crippen LogP) is 3.57. The molecule has 0 aliphatic rings. The van der Waals surface area contributed by atoms with Crippen LogP contribution in [-0.2, 0) is 0 Å². The summed E-state index contributed by atoms with van der Waals surface area (Å²) in [5, 5.41) is 5.27. The van der Waals surface area contributed by atoms with E-state index in [1.165, 1.54) is 0 Å². The molecule has 0 radical (unpaired) electrons. The van der Waals surface area contributed by atoms with E-state index in [1.54, 1.807) is 25.2 Å². The highest BCUT2D eigenvalue weighted by Gasteiger charge is 2.13. The third kappa shape index (κ3) is 2.93. The molecule has 0 aliphatic heterocycles. The third-order valence-corrected chi connectivity index (χ3v) is 2.87. The van der Waals surface area contributed by atoms with Gasteiger partial charge >= 0.3 is 0 Å². The molecule has 20 heavy (non-hydrogen) atoms. The van der Waals surface area contributed by atoms with Gasteiger partial charge in [0.05, 0.1) is 11.3 Å². The van der Waals surface area contributed by atoms with Crippen LogP contribution in [0.15, 0.2) is 36.4 Å². The summed E-state index contributed by atoms with van der Waals surface area (Å²) in [6.45, 7) is 1.90. The van der Waals surface area contributed by atoms with Gasteiger partial charge in [0.15, 0.2) is 0 Å². The highest BCUT2D eigenvalue weighted by molar-refractivity contribution is 6.08. The van der Waals surface area contributed by atoms with Crippen LogP contribution in [0.25, 0.3) is 0 Å². The lowest BCUT2D eigenvalue weighted by atomic mass is 10.1. The molecule has 0 spiro atoms. The minimum Gasteiger partial charge on any atom is -0.387 e. The number of benzene rings is 2. The number of carbonyl (C=O) groups is 1. The summed E-state index contributed by atoms with van der Waals surface area (Å²) in [5.41, 5.74) is 1.79. The minimum atomic E-state index is -0.683. The molecule has 104 valence electrons. The molecule has 0 saturated carbocycles. The van der Waals surface area contributed by atoms with Crippen LogP contribution in [0, 0.1) is 18.6 Å². The van der Waals surface area contributed by atoms with Crippen molar-refractivity contribution in [2.45, 2.75) is 6.92 Å². The van der Waals surface area contributed by atoms with Crippen LogP contribution >= 0.6 is 0 Å². The molecular formula is C15H14F2N2O. The Hall–Kier alpha value is -2.43. The second-order valence-electron chi connectivity index (χ2n) is 4.38. The molecule has 0 aromatic heterocycles. The molecular weight excluding hydrogens is 262 g/mol. The average molecular weight is 276 g/mol. The van der Waals surface area contributed by atoms with E-state index < -0.39 is 17.5 Å². The molecule has 2 N–H and O–H groups in total. The molecule has 1 amide bonds. The van der Waals surface area contributed by atoms with Crippen LogP contribution in [0.3, 0.4) is 0 Å². The Morgan fingerprint density at radius 1 is 1.05 bits per heavy atom. The van der Waals surface area contributed by atoms with Gasteiger partial charge < -0.3 is 10.6 Å². The lowest BCUT2D eigenvalue weighted by molar-refractivity contribution is 0.102. The lowest BCUT2D eigenvalue weighted by Gasteiger charge is -2.11. The van der Waals surface area contributed by atoms with E-state index in [2.05, 4.69) is 10.6 Å². The molecule has 0 saturated heterocycles. The third-order valence-electron chi connectivity index (χ3n) is 2.87. The Labute approximate surface area is 115 Å². The summed E-state index contributed by atoms with van der Waals surface area (Å²) >= 11 is 0. The standard InChI is InChI=1S/C15H14F2N2O/c1-9-3-5-11(13(7-9)18-2)15(20)19-14-8-10(16)4-6-12(14)17/h3-8,18H,1-2H3,(H,19,20). The van der Waals surface area contributed by atoms with Gasteiger partial charge in [0.25, 0.3) is 5.91 Å². The summed E-state index contributed by atoms with van der Waals surface area (Å²) in [6, 6.07) is 8.12. The topological polar surface area (TPSA) is 41.1 Å². The molecule has 0 fully saturated rings. The van der Waals surface area contributed by atoms with E-state index in [0.717, 1.165) is 23.8 Å². The second-order valence-corrected chi connectivity index (χ2v) is 4.38. The molecule has 2 aromatic rings. The smallest absolute Gasteiger partial charge is 0.257 e. The Morgan fingerprint density at radius 2 is 1.80 bits per heavy atom. The normalized spacial score (nSPS) is 10.2. The first-order valence-electron chi connectivity index (χ1n) is 6.06. The van der Waals surface area contributed by atoms with Gasteiger partial charge in [-0.2, -0.15) is 0 Å². The average Bonchev–Trinajstić information content (AvgIpc) is 2.42. The molecule has 0 unspecified atom stereocenters. The van der Waals surface area contributed by atoms with Gasteiger partial charge in [0.2, 0.25) is 0 Å². The Morgan fingerprint density at radius 3 is 2.50 bits per heavy atom. The number of carbonyl (C=O) groups excluding carboxylic acids is 1. The number of hydrogen-bond donors (Lipinski definition) is 2. The van der Waals surface area contributed by atoms with Crippen LogP contribution < -0.4 is 10.6 Å². The van der Waals surface area contributed by atoms with Crippen molar-refractivity contribution in [3.63, 3.8) is 0 Å². The minimum absolute atomic E-state index is 0.183. The van der Waals surface area contributed by atoms with Gasteiger partial charge in [-0.3, -0.25) is 4.79 Å². The van der Waals surface area contributed by atoms with Gasteiger partial charge in [0.1, 0.15) is 11.6 Å². The van der Waals surface area contributed by atoms with Gasteiger partial charge in [0, 0.05) is 18.8 Å². The maximum Gasteiger partial charge on any atom is 0.257 e. The van der Waals surface area contributed by atoms with Crippen LogP contribution in [0.1, 0.15) is 15.9 Å². The zero-order valence-electron chi connectivity index (χ0n) is 11.1. The zero-order valence-corrected chi connectivity index (χ0v) is 11.1. The molecule has 2 aromatic carbocycles. The molecule has 3 nitrogen and oxygen atoms in total. The largest absolute Gasteiger partial charge is 0.387 e. The molecule has 0 heterocycles. The van der Waals surface area contributed by atoms with E-state index in [1.807, 2.05) is 6.92 Å². The molecule has 2 rings (SSSR count). The first kappa shape index (κ1) is 14.0. The fourth-order valence-electron chi connectivity index (χ4n) is 1.85. The molecule has 0 aliphatic carbocycles. The van der Waals surface area contributed by atoms with Gasteiger partial charge in [-0.1, -0.05) is 6.07 Å². The number of nitrogens with one attached hydrogen (secondary N) is 2. The monoisotopic (exact) mass is 276 g/mol. The van der Waals surface area contributed by atoms with E-state index in [0.29, 0.717) is 11.3 Å². The summed E-state index contributed by atoms with van der Waals surface area (Å²) in [4.78, 5) is 12.1. The SMILES string of the molecule is CNc1cc(C)ccc1C(=O)Nc1cc(F)ccc1F. The van der Waals surface area contributed by atoms with E-state index in [-0.39, 0.29) is 5.69 Å².